The van der Waals surface area contributed by atoms with Gasteiger partial charge in [-0.2, -0.15) is 0 Å². The summed E-state index contributed by atoms with van der Waals surface area (Å²) in [5.41, 5.74) is 0. The van der Waals surface area contributed by atoms with E-state index in [4.69, 9.17) is 5.11 Å². The summed E-state index contributed by atoms with van der Waals surface area (Å²) >= 11 is 0. The van der Waals surface area contributed by atoms with E-state index in [1.807, 2.05) is 0 Å². The average molecular weight is 241 g/mol. The molecule has 1 atom stereocenters. The first-order chi connectivity index (χ1) is 8.01. The second-order valence-electron chi connectivity index (χ2n) is 3.08. The number of nitrogens with one attached hydrogen (secondary N) is 1. The Morgan fingerprint density at radius 1 is 1.41 bits per heavy atom. The number of carboxylic acid groups (broad SMARTS) is 1. The lowest BCUT2D eigenvalue weighted by Crippen LogP contribution is -2.40. The van der Waals surface area contributed by atoms with Crippen molar-refractivity contribution in [2.24, 2.45) is 0 Å². The van der Waals surface area contributed by atoms with Gasteiger partial charge < -0.3 is 15.2 Å². The highest BCUT2D eigenvalue weighted by molar-refractivity contribution is 5.96. The molecule has 6 heteroatoms. The first-order valence-electron chi connectivity index (χ1n) is 5.13. The number of ether oxygens (including phenoxy) is 1. The minimum absolute atomic E-state index is 0.0225. The average Bonchev–Trinajstić information content (AvgIpc) is 2.24. The molecule has 94 valence electrons. The van der Waals surface area contributed by atoms with E-state index in [1.165, 1.54) is 6.92 Å². The molecular weight excluding hydrogens is 226 g/mol. The van der Waals surface area contributed by atoms with Crippen LogP contribution in [0.4, 0.5) is 0 Å². The van der Waals surface area contributed by atoms with Crippen LogP contribution in [0.25, 0.3) is 0 Å². The molecule has 0 radical (unpaired) electrons. The van der Waals surface area contributed by atoms with Gasteiger partial charge in [-0.3, -0.25) is 9.59 Å². The van der Waals surface area contributed by atoms with E-state index in [1.54, 1.807) is 6.92 Å². The van der Waals surface area contributed by atoms with E-state index in [0.717, 1.165) is 0 Å². The lowest BCUT2D eigenvalue weighted by atomic mass is 10.1. The highest BCUT2D eigenvalue weighted by Gasteiger charge is 2.20. The fourth-order valence-corrected chi connectivity index (χ4v) is 1.06. The van der Waals surface area contributed by atoms with Gasteiger partial charge in [0.15, 0.2) is 0 Å². The van der Waals surface area contributed by atoms with E-state index in [0.29, 0.717) is 0 Å². The molecule has 0 unspecified atom stereocenters. The Hall–Kier alpha value is -2.03. The van der Waals surface area contributed by atoms with Crippen LogP contribution < -0.4 is 5.32 Å². The van der Waals surface area contributed by atoms with Crippen molar-refractivity contribution in [2.45, 2.75) is 32.7 Å². The molecule has 0 aromatic heterocycles. The van der Waals surface area contributed by atoms with Gasteiger partial charge in [0.1, 0.15) is 6.04 Å². The topological polar surface area (TPSA) is 92.7 Å². The smallest absolute Gasteiger partial charge is 0.326 e. The van der Waals surface area contributed by atoms with E-state index >= 15 is 0 Å². The number of esters is 1. The zero-order valence-electron chi connectivity index (χ0n) is 9.78. The van der Waals surface area contributed by atoms with Gasteiger partial charge in [-0.05, 0) is 26.2 Å². The van der Waals surface area contributed by atoms with Crippen molar-refractivity contribution >= 4 is 17.8 Å². The number of hydrogen-bond acceptors (Lipinski definition) is 4. The number of rotatable bonds is 6. The Morgan fingerprint density at radius 3 is 2.53 bits per heavy atom. The number of carbonyl (C=O) groups is 3. The van der Waals surface area contributed by atoms with Crippen molar-refractivity contribution < 1.29 is 24.2 Å². The molecule has 0 aliphatic carbocycles. The van der Waals surface area contributed by atoms with Crippen molar-refractivity contribution in [3.63, 3.8) is 0 Å². The van der Waals surface area contributed by atoms with E-state index < -0.39 is 23.9 Å². The molecule has 1 amide bonds. The number of amides is 1. The summed E-state index contributed by atoms with van der Waals surface area (Å²) in [6.07, 6.45) is -0.0874. The largest absolute Gasteiger partial charge is 0.480 e. The SMILES string of the molecule is CC#CC(=O)N[C@@H](CCC(=O)OCC)C(=O)O. The van der Waals surface area contributed by atoms with E-state index in [-0.39, 0.29) is 19.4 Å². The van der Waals surface area contributed by atoms with Crippen molar-refractivity contribution in [3.8, 4) is 11.8 Å². The Balaban J connectivity index is 4.24. The molecule has 0 fully saturated rings. The van der Waals surface area contributed by atoms with Crippen LogP contribution in [0.2, 0.25) is 0 Å². The summed E-state index contributed by atoms with van der Waals surface area (Å²) in [6.45, 7) is 3.36. The van der Waals surface area contributed by atoms with Gasteiger partial charge in [-0.1, -0.05) is 5.92 Å². The molecule has 0 aliphatic heterocycles. The second-order valence-corrected chi connectivity index (χ2v) is 3.08. The quantitative estimate of drug-likeness (QED) is 0.501. The van der Waals surface area contributed by atoms with Gasteiger partial charge in [0, 0.05) is 6.42 Å². The first kappa shape index (κ1) is 15.0. The van der Waals surface area contributed by atoms with Gasteiger partial charge in [0.05, 0.1) is 6.61 Å². The molecule has 0 aromatic rings. The highest BCUT2D eigenvalue weighted by Crippen LogP contribution is 2.00. The molecule has 17 heavy (non-hydrogen) atoms. The van der Waals surface area contributed by atoms with Crippen LogP contribution >= 0.6 is 0 Å². The Morgan fingerprint density at radius 2 is 2.06 bits per heavy atom. The molecule has 0 bridgehead atoms. The standard InChI is InChI=1S/C11H15NO5/c1-3-5-9(13)12-8(11(15)16)6-7-10(14)17-4-2/h8H,4,6-7H2,1-2H3,(H,12,13)(H,15,16)/t8-/m0/s1. The molecule has 0 heterocycles. The first-order valence-corrected chi connectivity index (χ1v) is 5.13. The molecule has 0 aromatic carbocycles. The summed E-state index contributed by atoms with van der Waals surface area (Å²) in [6, 6.07) is -1.13. The van der Waals surface area contributed by atoms with Crippen molar-refractivity contribution in [3.05, 3.63) is 0 Å². The third kappa shape index (κ3) is 6.95. The van der Waals surface area contributed by atoms with Gasteiger partial charge in [-0.25, -0.2) is 4.79 Å². The summed E-state index contributed by atoms with van der Waals surface area (Å²) < 4.78 is 4.65. The molecule has 0 aliphatic rings. The monoisotopic (exact) mass is 241 g/mol. The molecule has 0 spiro atoms. The number of hydrogen-bond donors (Lipinski definition) is 2. The fraction of sp³-hybridized carbons (Fsp3) is 0.545. The summed E-state index contributed by atoms with van der Waals surface area (Å²) in [7, 11) is 0. The molecule has 0 rings (SSSR count). The number of carboxylic acids is 1. The molecule has 6 nitrogen and oxygen atoms in total. The van der Waals surface area contributed by atoms with Crippen molar-refractivity contribution in [2.75, 3.05) is 6.61 Å². The van der Waals surface area contributed by atoms with Crippen LogP contribution in [0.1, 0.15) is 26.7 Å². The molecule has 0 saturated carbocycles. The van der Waals surface area contributed by atoms with E-state index in [2.05, 4.69) is 21.9 Å². The minimum Gasteiger partial charge on any atom is -0.480 e. The van der Waals surface area contributed by atoms with Crippen LogP contribution in [0, 0.1) is 11.8 Å². The Kier molecular flexibility index (Phi) is 7.19. The zero-order chi connectivity index (χ0) is 13.3. The van der Waals surface area contributed by atoms with Gasteiger partial charge >= 0.3 is 11.9 Å². The minimum atomic E-state index is -1.21. The Bertz CT molecular complexity index is 353. The van der Waals surface area contributed by atoms with Crippen LogP contribution in [0.3, 0.4) is 0 Å². The lowest BCUT2D eigenvalue weighted by Gasteiger charge is -2.11. The number of carbonyl (C=O) groups excluding carboxylic acids is 2. The second kappa shape index (κ2) is 8.16. The third-order valence-corrected chi connectivity index (χ3v) is 1.78. The molecule has 0 saturated heterocycles. The van der Waals surface area contributed by atoms with Crippen LogP contribution in [0.15, 0.2) is 0 Å². The third-order valence-electron chi connectivity index (χ3n) is 1.78. The maximum Gasteiger partial charge on any atom is 0.326 e. The molecule has 2 N–H and O–H groups in total. The van der Waals surface area contributed by atoms with Crippen LogP contribution in [-0.4, -0.2) is 35.6 Å². The van der Waals surface area contributed by atoms with E-state index in [9.17, 15) is 14.4 Å². The highest BCUT2D eigenvalue weighted by atomic mass is 16.5. The Labute approximate surface area is 99.3 Å². The van der Waals surface area contributed by atoms with Crippen LogP contribution in [0.5, 0.6) is 0 Å². The predicted molar refractivity (Wildman–Crippen MR) is 58.9 cm³/mol. The van der Waals surface area contributed by atoms with Crippen molar-refractivity contribution in [1.29, 1.82) is 0 Å². The zero-order valence-corrected chi connectivity index (χ0v) is 9.78. The van der Waals surface area contributed by atoms with Gasteiger partial charge in [-0.15, -0.1) is 0 Å². The predicted octanol–water partition coefficient (Wildman–Crippen LogP) is -0.0776. The normalized spacial score (nSPS) is 10.7. The lowest BCUT2D eigenvalue weighted by molar-refractivity contribution is -0.145. The van der Waals surface area contributed by atoms with Crippen molar-refractivity contribution in [1.82, 2.24) is 5.32 Å². The summed E-state index contributed by atoms with van der Waals surface area (Å²) in [4.78, 5) is 32.9. The molecular formula is C11H15NO5. The van der Waals surface area contributed by atoms with Crippen LogP contribution in [-0.2, 0) is 19.1 Å². The summed E-state index contributed by atoms with van der Waals surface area (Å²) in [5.74, 6) is 2.14. The maximum atomic E-state index is 11.1. The van der Waals surface area contributed by atoms with Gasteiger partial charge in [0.25, 0.3) is 5.91 Å². The maximum absolute atomic E-state index is 11.1. The number of aliphatic carboxylic acids is 1. The van der Waals surface area contributed by atoms with Gasteiger partial charge in [0.2, 0.25) is 0 Å². The fourth-order valence-electron chi connectivity index (χ4n) is 1.06. The summed E-state index contributed by atoms with van der Waals surface area (Å²) in [5, 5.41) is 11.0.